The summed E-state index contributed by atoms with van der Waals surface area (Å²) in [5, 5.41) is 0.812. The predicted molar refractivity (Wildman–Crippen MR) is 89.4 cm³/mol. The molecule has 106 valence electrons. The van der Waals surface area contributed by atoms with E-state index in [0.717, 1.165) is 21.9 Å². The van der Waals surface area contributed by atoms with Gasteiger partial charge in [0.05, 0.1) is 11.9 Å². The van der Waals surface area contributed by atoms with Gasteiger partial charge < -0.3 is 4.74 Å². The number of halogens is 2. The van der Waals surface area contributed by atoms with E-state index in [1.54, 1.807) is 7.11 Å². The van der Waals surface area contributed by atoms with Gasteiger partial charge in [0.2, 0.25) is 0 Å². The van der Waals surface area contributed by atoms with Gasteiger partial charge in [-0.3, -0.25) is 0 Å². The third-order valence-electron chi connectivity index (χ3n) is 3.55. The van der Waals surface area contributed by atoms with Crippen molar-refractivity contribution in [2.75, 3.05) is 7.11 Å². The van der Waals surface area contributed by atoms with Gasteiger partial charge in [-0.05, 0) is 60.7 Å². The third kappa shape index (κ3) is 3.02. The number of alkyl halides is 1. The summed E-state index contributed by atoms with van der Waals surface area (Å²) in [5.74, 6) is 0.912. The molecule has 0 saturated carbocycles. The molecule has 0 aliphatic heterocycles. The smallest absolute Gasteiger partial charge is 0.122 e. The highest BCUT2D eigenvalue weighted by Crippen LogP contribution is 2.37. The lowest BCUT2D eigenvalue weighted by atomic mass is 9.97. The largest absolute Gasteiger partial charge is 0.496 e. The van der Waals surface area contributed by atoms with Crippen molar-refractivity contribution in [2.24, 2.45) is 0 Å². The molecule has 0 fully saturated rings. The molecule has 0 bridgehead atoms. The molecular formula is C17H18BrClO. The molecule has 1 unspecified atom stereocenters. The van der Waals surface area contributed by atoms with Crippen molar-refractivity contribution >= 4 is 27.5 Å². The van der Waals surface area contributed by atoms with Crippen LogP contribution in [-0.4, -0.2) is 7.11 Å². The van der Waals surface area contributed by atoms with E-state index < -0.39 is 0 Å². The van der Waals surface area contributed by atoms with Gasteiger partial charge in [0, 0.05) is 5.02 Å². The molecule has 0 aliphatic carbocycles. The molecule has 2 aromatic carbocycles. The number of aryl methyl sites for hydroxylation is 3. The van der Waals surface area contributed by atoms with Crippen LogP contribution in [0.3, 0.4) is 0 Å². The molecule has 0 N–H and O–H groups in total. The Morgan fingerprint density at radius 1 is 1.00 bits per heavy atom. The zero-order valence-corrected chi connectivity index (χ0v) is 14.5. The number of methoxy groups -OCH3 is 1. The second-order valence-corrected chi connectivity index (χ2v) is 6.37. The molecule has 0 radical (unpaired) electrons. The van der Waals surface area contributed by atoms with E-state index in [4.69, 9.17) is 16.3 Å². The number of hydrogen-bond acceptors (Lipinski definition) is 1. The minimum Gasteiger partial charge on any atom is -0.496 e. The van der Waals surface area contributed by atoms with Crippen LogP contribution in [0.15, 0.2) is 30.3 Å². The van der Waals surface area contributed by atoms with Crippen LogP contribution in [0.25, 0.3) is 0 Å². The predicted octanol–water partition coefficient (Wildman–Crippen LogP) is 5.76. The number of hydrogen-bond donors (Lipinski definition) is 0. The molecule has 2 rings (SSSR count). The van der Waals surface area contributed by atoms with Crippen molar-refractivity contribution in [3.63, 3.8) is 0 Å². The fraction of sp³-hybridized carbons (Fsp3) is 0.294. The third-order valence-corrected chi connectivity index (χ3v) is 4.97. The van der Waals surface area contributed by atoms with E-state index in [1.165, 1.54) is 16.7 Å². The van der Waals surface area contributed by atoms with Gasteiger partial charge in [-0.1, -0.05) is 45.7 Å². The second-order valence-electron chi connectivity index (χ2n) is 5.05. The van der Waals surface area contributed by atoms with Crippen LogP contribution in [0.4, 0.5) is 0 Å². The van der Waals surface area contributed by atoms with Gasteiger partial charge >= 0.3 is 0 Å². The average molecular weight is 354 g/mol. The van der Waals surface area contributed by atoms with Crippen molar-refractivity contribution in [3.05, 3.63) is 63.2 Å². The minimum atomic E-state index is 0.132. The van der Waals surface area contributed by atoms with E-state index in [0.29, 0.717) is 0 Å². The number of rotatable bonds is 3. The van der Waals surface area contributed by atoms with Crippen LogP contribution < -0.4 is 4.74 Å². The Bertz CT molecular complexity index is 637. The summed E-state index contributed by atoms with van der Waals surface area (Å²) < 4.78 is 5.40. The van der Waals surface area contributed by atoms with Gasteiger partial charge in [0.1, 0.15) is 5.75 Å². The number of benzene rings is 2. The normalized spacial score (nSPS) is 12.3. The minimum absolute atomic E-state index is 0.132. The van der Waals surface area contributed by atoms with Gasteiger partial charge in [0.15, 0.2) is 0 Å². The summed E-state index contributed by atoms with van der Waals surface area (Å²) in [5.41, 5.74) is 5.83. The fourth-order valence-corrected chi connectivity index (χ4v) is 3.25. The van der Waals surface area contributed by atoms with Gasteiger partial charge in [-0.25, -0.2) is 0 Å². The van der Waals surface area contributed by atoms with Crippen molar-refractivity contribution in [1.29, 1.82) is 0 Å². The summed E-state index contributed by atoms with van der Waals surface area (Å²) >= 11 is 9.96. The van der Waals surface area contributed by atoms with Crippen molar-refractivity contribution < 1.29 is 4.74 Å². The maximum absolute atomic E-state index is 6.17. The Balaban J connectivity index is 2.46. The Kier molecular flexibility index (Phi) is 4.77. The lowest BCUT2D eigenvalue weighted by molar-refractivity contribution is 0.411. The molecule has 1 atom stereocenters. The van der Waals surface area contributed by atoms with Crippen molar-refractivity contribution in [2.45, 2.75) is 25.6 Å². The van der Waals surface area contributed by atoms with E-state index in [-0.39, 0.29) is 4.83 Å². The van der Waals surface area contributed by atoms with E-state index in [9.17, 15) is 0 Å². The quantitative estimate of drug-likeness (QED) is 0.638. The van der Waals surface area contributed by atoms with Crippen LogP contribution in [0, 0.1) is 20.8 Å². The van der Waals surface area contributed by atoms with E-state index in [2.05, 4.69) is 47.1 Å². The molecule has 2 aromatic rings. The van der Waals surface area contributed by atoms with Crippen LogP contribution in [0.5, 0.6) is 5.75 Å². The van der Waals surface area contributed by atoms with Crippen LogP contribution >= 0.6 is 27.5 Å². The molecule has 0 aromatic heterocycles. The first-order valence-corrected chi connectivity index (χ1v) is 7.78. The topological polar surface area (TPSA) is 9.23 Å². The Hall–Kier alpha value is -0.990. The highest BCUT2D eigenvalue weighted by atomic mass is 79.9. The lowest BCUT2D eigenvalue weighted by Gasteiger charge is -2.17. The number of ether oxygens (including phenoxy) is 1. The molecule has 0 saturated heterocycles. The first kappa shape index (κ1) is 15.4. The zero-order valence-electron chi connectivity index (χ0n) is 12.1. The Labute approximate surface area is 134 Å². The Morgan fingerprint density at radius 2 is 1.70 bits per heavy atom. The molecule has 0 spiro atoms. The van der Waals surface area contributed by atoms with Crippen LogP contribution in [-0.2, 0) is 0 Å². The van der Waals surface area contributed by atoms with E-state index in [1.807, 2.05) is 19.9 Å². The van der Waals surface area contributed by atoms with Crippen LogP contribution in [0.2, 0.25) is 5.02 Å². The van der Waals surface area contributed by atoms with Gasteiger partial charge in [-0.2, -0.15) is 0 Å². The fourth-order valence-electron chi connectivity index (χ4n) is 2.25. The lowest BCUT2D eigenvalue weighted by Crippen LogP contribution is -1.98. The SMILES string of the molecule is COc1cc(C(Br)c2cc(C)c(Cl)cc2C)ccc1C. The molecule has 1 nitrogen and oxygen atoms in total. The van der Waals surface area contributed by atoms with Crippen molar-refractivity contribution in [3.8, 4) is 5.75 Å². The van der Waals surface area contributed by atoms with Gasteiger partial charge in [0.25, 0.3) is 0 Å². The zero-order chi connectivity index (χ0) is 14.9. The molecule has 20 heavy (non-hydrogen) atoms. The molecular weight excluding hydrogens is 336 g/mol. The Morgan fingerprint density at radius 3 is 2.35 bits per heavy atom. The first-order valence-electron chi connectivity index (χ1n) is 6.49. The maximum Gasteiger partial charge on any atom is 0.122 e. The highest BCUT2D eigenvalue weighted by Gasteiger charge is 2.15. The van der Waals surface area contributed by atoms with Crippen LogP contribution in [0.1, 0.15) is 32.6 Å². The van der Waals surface area contributed by atoms with Gasteiger partial charge in [-0.15, -0.1) is 0 Å². The average Bonchev–Trinajstić information content (AvgIpc) is 2.42. The first-order chi connectivity index (χ1) is 9.43. The summed E-state index contributed by atoms with van der Waals surface area (Å²) in [6.45, 7) is 6.16. The monoisotopic (exact) mass is 352 g/mol. The molecule has 0 aliphatic rings. The summed E-state index contributed by atoms with van der Waals surface area (Å²) in [6, 6.07) is 10.5. The molecule has 0 heterocycles. The van der Waals surface area contributed by atoms with Crippen molar-refractivity contribution in [1.82, 2.24) is 0 Å². The molecule has 0 amide bonds. The standard InChI is InChI=1S/C17H18BrClO/c1-10-5-6-13(9-16(10)20-4)17(18)14-7-12(3)15(19)8-11(14)2/h5-9,17H,1-4H3. The van der Waals surface area contributed by atoms with E-state index >= 15 is 0 Å². The summed E-state index contributed by atoms with van der Waals surface area (Å²) in [6.07, 6.45) is 0. The summed E-state index contributed by atoms with van der Waals surface area (Å²) in [7, 11) is 1.70. The highest BCUT2D eigenvalue weighted by molar-refractivity contribution is 9.09. The summed E-state index contributed by atoms with van der Waals surface area (Å²) in [4.78, 5) is 0.132. The molecule has 3 heteroatoms. The maximum atomic E-state index is 6.17. The second kappa shape index (κ2) is 6.19.